The molecule has 4 N–H and O–H groups in total. The van der Waals surface area contributed by atoms with E-state index in [0.29, 0.717) is 6.42 Å². The Labute approximate surface area is 253 Å². The quantitative estimate of drug-likeness (QED) is 0.270. The van der Waals surface area contributed by atoms with Gasteiger partial charge in [-0.25, -0.2) is 9.59 Å². The molecule has 3 atom stereocenters. The number of hydrogen-bond donors (Lipinski definition) is 4. The van der Waals surface area contributed by atoms with Crippen molar-refractivity contribution in [1.29, 1.82) is 0 Å². The normalized spacial score (nSPS) is 13.7. The molecule has 0 spiro atoms. The number of carbonyl (C=O) groups is 4. The molecular formula is C32H45N3O8. The first-order valence-corrected chi connectivity index (χ1v) is 14.3. The zero-order valence-electron chi connectivity index (χ0n) is 26.0. The van der Waals surface area contributed by atoms with Crippen LogP contribution in [0.1, 0.15) is 72.1 Å². The summed E-state index contributed by atoms with van der Waals surface area (Å²) in [6.45, 7) is 11.1. The van der Waals surface area contributed by atoms with Crippen LogP contribution in [0.4, 0.5) is 4.79 Å². The molecule has 11 nitrogen and oxygen atoms in total. The molecule has 0 saturated carbocycles. The van der Waals surface area contributed by atoms with Crippen molar-refractivity contribution in [2.45, 2.75) is 90.6 Å². The predicted molar refractivity (Wildman–Crippen MR) is 161 cm³/mol. The molecular weight excluding hydrogens is 554 g/mol. The Bertz CT molecular complexity index is 1240. The number of alkyl carbamates (subject to hydrolysis) is 1. The molecule has 11 heteroatoms. The van der Waals surface area contributed by atoms with E-state index in [1.165, 1.54) is 12.1 Å². The zero-order valence-corrected chi connectivity index (χ0v) is 26.0. The number of benzene rings is 2. The molecule has 0 saturated heterocycles. The fraction of sp³-hybridized carbons (Fsp3) is 0.500. The van der Waals surface area contributed by atoms with Crippen molar-refractivity contribution in [2.24, 2.45) is 0 Å². The van der Waals surface area contributed by atoms with Crippen LogP contribution < -0.4 is 10.6 Å². The summed E-state index contributed by atoms with van der Waals surface area (Å²) in [6.07, 6.45) is -0.420. The highest BCUT2D eigenvalue weighted by atomic mass is 16.6. The fourth-order valence-corrected chi connectivity index (χ4v) is 4.28. The molecule has 0 heterocycles. The molecule has 43 heavy (non-hydrogen) atoms. The molecule has 0 bridgehead atoms. The van der Waals surface area contributed by atoms with E-state index in [1.807, 2.05) is 30.3 Å². The number of aliphatic hydroxyl groups excluding tert-OH is 1. The second-order valence-electron chi connectivity index (χ2n) is 12.2. The largest absolute Gasteiger partial charge is 0.508 e. The molecule has 2 aromatic carbocycles. The fourth-order valence-electron chi connectivity index (χ4n) is 4.28. The molecule has 0 radical (unpaired) electrons. The second-order valence-corrected chi connectivity index (χ2v) is 12.2. The summed E-state index contributed by atoms with van der Waals surface area (Å²) in [5.41, 5.74) is -0.830. The number of carbonyl (C=O) groups excluding carboxylic acids is 4. The number of aromatic hydroxyl groups is 1. The number of rotatable bonds is 12. The number of phenols is 1. The molecule has 0 aliphatic rings. The molecule has 2 aromatic rings. The van der Waals surface area contributed by atoms with Gasteiger partial charge < -0.3 is 35.2 Å². The van der Waals surface area contributed by atoms with Crippen LogP contribution >= 0.6 is 0 Å². The molecule has 3 amide bonds. The Balaban J connectivity index is 2.53. The van der Waals surface area contributed by atoms with Gasteiger partial charge in [0.25, 0.3) is 0 Å². The van der Waals surface area contributed by atoms with Gasteiger partial charge in [-0.1, -0.05) is 55.5 Å². The Morgan fingerprint density at radius 1 is 0.837 bits per heavy atom. The van der Waals surface area contributed by atoms with E-state index in [4.69, 9.17) is 9.47 Å². The van der Waals surface area contributed by atoms with E-state index in [-0.39, 0.29) is 24.3 Å². The van der Waals surface area contributed by atoms with E-state index in [1.54, 1.807) is 60.6 Å². The number of esters is 1. The van der Waals surface area contributed by atoms with Crippen molar-refractivity contribution in [1.82, 2.24) is 15.5 Å². The minimum absolute atomic E-state index is 0.0214. The van der Waals surface area contributed by atoms with Gasteiger partial charge in [0.2, 0.25) is 11.8 Å². The van der Waals surface area contributed by atoms with Crippen LogP contribution in [0.15, 0.2) is 54.6 Å². The van der Waals surface area contributed by atoms with Crippen molar-refractivity contribution in [3.8, 4) is 5.75 Å². The maximum absolute atomic E-state index is 14.1. The van der Waals surface area contributed by atoms with Gasteiger partial charge in [0.1, 0.15) is 35.1 Å². The summed E-state index contributed by atoms with van der Waals surface area (Å²) in [5, 5.41) is 26.0. The number of nitrogens with zero attached hydrogens (tertiary/aromatic N) is 1. The topological polar surface area (TPSA) is 154 Å². The average Bonchev–Trinajstić information content (AvgIpc) is 2.90. The third kappa shape index (κ3) is 11.2. The van der Waals surface area contributed by atoms with Crippen LogP contribution in [-0.2, 0) is 30.3 Å². The molecule has 3 unspecified atom stereocenters. The van der Waals surface area contributed by atoms with Gasteiger partial charge in [-0.15, -0.1) is 0 Å². The van der Waals surface area contributed by atoms with Crippen LogP contribution in [0.25, 0.3) is 0 Å². The summed E-state index contributed by atoms with van der Waals surface area (Å²) in [7, 11) is 0. The number of ether oxygens (including phenoxy) is 2. The second kappa shape index (κ2) is 15.4. The number of aliphatic hydroxyl groups is 1. The molecule has 0 aromatic heterocycles. The van der Waals surface area contributed by atoms with Gasteiger partial charge in [0.05, 0.1) is 6.61 Å². The average molecular weight is 600 g/mol. The lowest BCUT2D eigenvalue weighted by Gasteiger charge is -2.35. The molecule has 0 aliphatic carbocycles. The summed E-state index contributed by atoms with van der Waals surface area (Å²) < 4.78 is 10.8. The zero-order chi connectivity index (χ0) is 32.4. The third-order valence-corrected chi connectivity index (χ3v) is 6.00. The summed E-state index contributed by atoms with van der Waals surface area (Å²) in [6, 6.07) is 11.1. The van der Waals surface area contributed by atoms with Gasteiger partial charge >= 0.3 is 12.1 Å². The monoisotopic (exact) mass is 599 g/mol. The Hall–Kier alpha value is -4.12. The van der Waals surface area contributed by atoms with Crippen LogP contribution in [0.5, 0.6) is 5.75 Å². The molecule has 0 aliphatic heterocycles. The summed E-state index contributed by atoms with van der Waals surface area (Å²) in [5.74, 6) is -2.47. The number of phenolic OH excluding ortho intramolecular Hbond substituents is 1. The third-order valence-electron chi connectivity index (χ3n) is 6.00. The van der Waals surface area contributed by atoms with Crippen LogP contribution in [0.3, 0.4) is 0 Å². The summed E-state index contributed by atoms with van der Waals surface area (Å²) in [4.78, 5) is 54.9. The van der Waals surface area contributed by atoms with E-state index in [9.17, 15) is 29.4 Å². The van der Waals surface area contributed by atoms with E-state index in [0.717, 1.165) is 10.5 Å². The van der Waals surface area contributed by atoms with Crippen LogP contribution in [0, 0.1) is 0 Å². The van der Waals surface area contributed by atoms with Crippen molar-refractivity contribution in [2.75, 3.05) is 13.2 Å². The van der Waals surface area contributed by atoms with Crippen LogP contribution in [0.2, 0.25) is 0 Å². The number of nitrogens with one attached hydrogen (secondary N) is 2. The van der Waals surface area contributed by atoms with Crippen molar-refractivity contribution in [3.63, 3.8) is 0 Å². The SMILES string of the molecule is CCCN(C(=O)C(CO)NC(=O)OC(C)(C)C)C(C(=O)NC(Cc1ccccc1)C(=O)OC(C)(C)C)c1ccccc1O. The maximum atomic E-state index is 14.1. The Kier molecular flexibility index (Phi) is 12.5. The molecule has 236 valence electrons. The highest BCUT2D eigenvalue weighted by molar-refractivity contribution is 5.94. The van der Waals surface area contributed by atoms with Crippen molar-refractivity contribution in [3.05, 3.63) is 65.7 Å². The summed E-state index contributed by atoms with van der Waals surface area (Å²) >= 11 is 0. The van der Waals surface area contributed by atoms with Gasteiger partial charge in [0.15, 0.2) is 0 Å². The maximum Gasteiger partial charge on any atom is 0.408 e. The lowest BCUT2D eigenvalue weighted by molar-refractivity contribution is -0.159. The molecule has 2 rings (SSSR count). The number of amides is 3. The van der Waals surface area contributed by atoms with Crippen LogP contribution in [-0.4, -0.2) is 75.4 Å². The van der Waals surface area contributed by atoms with Gasteiger partial charge in [0, 0.05) is 18.5 Å². The highest BCUT2D eigenvalue weighted by Gasteiger charge is 2.39. The lowest BCUT2D eigenvalue weighted by atomic mass is 10.00. The lowest BCUT2D eigenvalue weighted by Crippen LogP contribution is -2.56. The van der Waals surface area contributed by atoms with E-state index >= 15 is 0 Å². The Morgan fingerprint density at radius 3 is 1.95 bits per heavy atom. The number of hydrogen-bond acceptors (Lipinski definition) is 8. The molecule has 0 fully saturated rings. The van der Waals surface area contributed by atoms with Gasteiger partial charge in [-0.2, -0.15) is 0 Å². The Morgan fingerprint density at radius 2 is 1.42 bits per heavy atom. The van der Waals surface area contributed by atoms with Crippen molar-refractivity contribution >= 4 is 23.9 Å². The minimum atomic E-state index is -1.45. The predicted octanol–water partition coefficient (Wildman–Crippen LogP) is 3.63. The standard InChI is InChI=1S/C32H45N3O8/c1-8-18-35(28(39)24(20-36)34-30(41)43-32(5,6)7)26(22-16-12-13-17-25(22)37)27(38)33-23(29(40)42-31(2,3)4)19-21-14-10-9-11-15-21/h9-17,23-24,26,36-37H,8,18-20H2,1-7H3,(H,33,38)(H,34,41). The highest BCUT2D eigenvalue weighted by Crippen LogP contribution is 2.30. The minimum Gasteiger partial charge on any atom is -0.508 e. The smallest absolute Gasteiger partial charge is 0.408 e. The van der Waals surface area contributed by atoms with Crippen molar-refractivity contribution < 1.29 is 38.9 Å². The van der Waals surface area contributed by atoms with E-state index < -0.39 is 59.8 Å². The van der Waals surface area contributed by atoms with Gasteiger partial charge in [-0.3, -0.25) is 9.59 Å². The first-order chi connectivity index (χ1) is 20.1. The first kappa shape index (κ1) is 35.1. The number of para-hydroxylation sites is 1. The van der Waals surface area contributed by atoms with Gasteiger partial charge in [-0.05, 0) is 59.6 Å². The first-order valence-electron chi connectivity index (χ1n) is 14.3. The van der Waals surface area contributed by atoms with E-state index in [2.05, 4.69) is 10.6 Å².